The van der Waals surface area contributed by atoms with Gasteiger partial charge in [-0.15, -0.1) is 0 Å². The molecule has 0 radical (unpaired) electrons. The Bertz CT molecular complexity index is 661. The molecule has 0 saturated carbocycles. The van der Waals surface area contributed by atoms with Gasteiger partial charge in [-0.2, -0.15) is 0 Å². The van der Waals surface area contributed by atoms with Crippen molar-refractivity contribution in [1.29, 1.82) is 0 Å². The molecule has 1 amide bonds. The molecule has 136 valence electrons. The van der Waals surface area contributed by atoms with Crippen molar-refractivity contribution in [3.63, 3.8) is 0 Å². The zero-order valence-corrected chi connectivity index (χ0v) is 15.8. The highest BCUT2D eigenvalue weighted by atomic mass is 16.6. The molecule has 2 aliphatic heterocycles. The Morgan fingerprint density at radius 1 is 1.24 bits per heavy atom. The van der Waals surface area contributed by atoms with Crippen molar-refractivity contribution in [2.24, 2.45) is 0 Å². The fraction of sp³-hybridized carbons (Fsp3) is 0.632. The smallest absolute Gasteiger partial charge is 0.411 e. The zero-order valence-electron chi connectivity index (χ0n) is 15.8. The summed E-state index contributed by atoms with van der Waals surface area (Å²) in [6.45, 7) is 5.74. The third-order valence-corrected chi connectivity index (χ3v) is 4.65. The number of carbonyl (C=O) groups is 1. The summed E-state index contributed by atoms with van der Waals surface area (Å²) >= 11 is 0. The van der Waals surface area contributed by atoms with Crippen LogP contribution in [0.5, 0.6) is 0 Å². The predicted octanol–water partition coefficient (Wildman–Crippen LogP) is 3.49. The number of carbonyl (C=O) groups excluding carboxylic acids is 1. The number of rotatable bonds is 2. The van der Waals surface area contributed by atoms with Gasteiger partial charge in [-0.25, -0.2) is 14.8 Å². The molecular formula is C19H28N4O2. The lowest BCUT2D eigenvalue weighted by Crippen LogP contribution is -2.53. The molecule has 1 aromatic rings. The highest BCUT2D eigenvalue weighted by Crippen LogP contribution is 2.37. The second kappa shape index (κ2) is 6.65. The normalized spacial score (nSPS) is 23.1. The van der Waals surface area contributed by atoms with Crippen LogP contribution in [0.25, 0.3) is 5.57 Å². The maximum Gasteiger partial charge on any atom is 0.411 e. The number of piperidine rings is 1. The minimum atomic E-state index is -0.467. The first-order chi connectivity index (χ1) is 11.7. The zero-order chi connectivity index (χ0) is 18.2. The van der Waals surface area contributed by atoms with Gasteiger partial charge in [-0.3, -0.25) is 4.90 Å². The summed E-state index contributed by atoms with van der Waals surface area (Å²) in [7, 11) is 3.86. The van der Waals surface area contributed by atoms with Gasteiger partial charge in [0.25, 0.3) is 0 Å². The molecule has 6 heteroatoms. The number of hydrogen-bond acceptors (Lipinski definition) is 5. The summed E-state index contributed by atoms with van der Waals surface area (Å²) < 4.78 is 5.62. The van der Waals surface area contributed by atoms with Crippen molar-refractivity contribution >= 4 is 17.6 Å². The number of aromatic nitrogens is 2. The number of hydrogen-bond donors (Lipinski definition) is 0. The highest BCUT2D eigenvalue weighted by Gasteiger charge is 2.39. The van der Waals surface area contributed by atoms with Gasteiger partial charge in [-0.05, 0) is 52.0 Å². The predicted molar refractivity (Wildman–Crippen MR) is 98.5 cm³/mol. The Morgan fingerprint density at radius 2 is 1.92 bits per heavy atom. The maximum atomic E-state index is 12.6. The number of fused-ring (bicyclic) bond motifs is 2. The van der Waals surface area contributed by atoms with E-state index in [1.165, 1.54) is 5.57 Å². The molecule has 1 saturated heterocycles. The monoisotopic (exact) mass is 344 g/mol. The first-order valence-corrected chi connectivity index (χ1v) is 8.96. The standard InChI is InChI=1S/C19H28N4O2/c1-19(2,3)25-18(24)23-15-7-6-8-16(23)10-13(9-15)14-11-20-17(21-12-14)22(4)5/h9,11-12,15-16H,6-8,10H2,1-5H3. The Hall–Kier alpha value is -2.11. The molecule has 1 fully saturated rings. The van der Waals surface area contributed by atoms with Gasteiger partial charge < -0.3 is 9.64 Å². The SMILES string of the molecule is CN(C)c1ncc(C2=CC3CCCC(C2)N3C(=O)OC(C)(C)C)cn1. The van der Waals surface area contributed by atoms with Crippen molar-refractivity contribution in [1.82, 2.24) is 14.9 Å². The third kappa shape index (κ3) is 3.94. The summed E-state index contributed by atoms with van der Waals surface area (Å²) in [5, 5.41) is 0. The topological polar surface area (TPSA) is 58.6 Å². The molecule has 2 atom stereocenters. The van der Waals surface area contributed by atoms with Crippen LogP contribution >= 0.6 is 0 Å². The van der Waals surface area contributed by atoms with Gasteiger partial charge in [-0.1, -0.05) is 6.08 Å². The quantitative estimate of drug-likeness (QED) is 0.822. The lowest BCUT2D eigenvalue weighted by atomic mass is 9.83. The van der Waals surface area contributed by atoms with Crippen LogP contribution in [-0.2, 0) is 4.74 Å². The van der Waals surface area contributed by atoms with Crippen molar-refractivity contribution < 1.29 is 9.53 Å². The van der Waals surface area contributed by atoms with Gasteiger partial charge in [0.15, 0.2) is 0 Å². The number of ether oxygens (including phenoxy) is 1. The minimum absolute atomic E-state index is 0.103. The van der Waals surface area contributed by atoms with E-state index in [0.717, 1.165) is 31.2 Å². The fourth-order valence-corrected chi connectivity index (χ4v) is 3.56. The molecular weight excluding hydrogens is 316 g/mol. The molecule has 6 nitrogen and oxygen atoms in total. The molecule has 0 aromatic carbocycles. The molecule has 0 spiro atoms. The van der Waals surface area contributed by atoms with Crippen molar-refractivity contribution in [3.05, 3.63) is 24.0 Å². The van der Waals surface area contributed by atoms with Crippen molar-refractivity contribution in [2.75, 3.05) is 19.0 Å². The van der Waals surface area contributed by atoms with Gasteiger partial charge in [0.1, 0.15) is 5.60 Å². The van der Waals surface area contributed by atoms with E-state index in [4.69, 9.17) is 4.74 Å². The van der Waals surface area contributed by atoms with Crippen LogP contribution in [0.1, 0.15) is 52.0 Å². The number of anilines is 1. The Balaban J connectivity index is 1.82. The molecule has 25 heavy (non-hydrogen) atoms. The summed E-state index contributed by atoms with van der Waals surface area (Å²) in [5.74, 6) is 0.704. The maximum absolute atomic E-state index is 12.6. The van der Waals surface area contributed by atoms with Gasteiger partial charge in [0, 0.05) is 38.1 Å². The van der Waals surface area contributed by atoms with E-state index in [0.29, 0.717) is 5.95 Å². The largest absolute Gasteiger partial charge is 0.444 e. The van der Waals surface area contributed by atoms with Gasteiger partial charge in [0.05, 0.1) is 6.04 Å². The number of nitrogens with zero attached hydrogens (tertiary/aromatic N) is 4. The van der Waals surface area contributed by atoms with E-state index >= 15 is 0 Å². The second-order valence-electron chi connectivity index (χ2n) is 8.10. The first kappa shape index (κ1) is 17.7. The molecule has 0 N–H and O–H groups in total. The van der Waals surface area contributed by atoms with Crippen LogP contribution < -0.4 is 4.90 Å². The molecule has 2 aliphatic rings. The molecule has 1 aromatic heterocycles. The molecule has 3 heterocycles. The van der Waals surface area contributed by atoms with Gasteiger partial charge >= 0.3 is 6.09 Å². The van der Waals surface area contributed by atoms with Crippen molar-refractivity contribution in [3.8, 4) is 0 Å². The molecule has 2 unspecified atom stereocenters. The first-order valence-electron chi connectivity index (χ1n) is 8.96. The Labute approximate surface area is 149 Å². The Morgan fingerprint density at radius 3 is 2.48 bits per heavy atom. The van der Waals surface area contributed by atoms with Crippen LogP contribution in [0.2, 0.25) is 0 Å². The van der Waals surface area contributed by atoms with Crippen LogP contribution in [0, 0.1) is 0 Å². The average molecular weight is 344 g/mol. The van der Waals surface area contributed by atoms with Crippen LogP contribution in [0.3, 0.4) is 0 Å². The highest BCUT2D eigenvalue weighted by molar-refractivity contribution is 5.74. The lowest BCUT2D eigenvalue weighted by Gasteiger charge is -2.45. The summed E-state index contributed by atoms with van der Waals surface area (Å²) in [6, 6.07) is 0.299. The third-order valence-electron chi connectivity index (χ3n) is 4.65. The van der Waals surface area contributed by atoms with Gasteiger partial charge in [0.2, 0.25) is 5.95 Å². The minimum Gasteiger partial charge on any atom is -0.444 e. The lowest BCUT2D eigenvalue weighted by molar-refractivity contribution is 0.0000846. The van der Waals surface area contributed by atoms with E-state index in [1.54, 1.807) is 0 Å². The van der Waals surface area contributed by atoms with E-state index in [2.05, 4.69) is 16.0 Å². The van der Waals surface area contributed by atoms with Crippen LogP contribution in [0.4, 0.5) is 10.7 Å². The van der Waals surface area contributed by atoms with E-state index in [-0.39, 0.29) is 18.2 Å². The summed E-state index contributed by atoms with van der Waals surface area (Å²) in [4.78, 5) is 25.3. The van der Waals surface area contributed by atoms with Crippen molar-refractivity contribution in [2.45, 2.75) is 64.1 Å². The molecule has 3 rings (SSSR count). The van der Waals surface area contributed by atoms with Crippen LogP contribution in [-0.4, -0.2) is 52.7 Å². The fourth-order valence-electron chi connectivity index (χ4n) is 3.56. The average Bonchev–Trinajstić information content (AvgIpc) is 2.52. The van der Waals surface area contributed by atoms with E-state index in [9.17, 15) is 4.79 Å². The van der Waals surface area contributed by atoms with E-state index in [1.807, 2.05) is 57.1 Å². The molecule has 2 bridgehead atoms. The van der Waals surface area contributed by atoms with E-state index < -0.39 is 5.60 Å². The number of amides is 1. The summed E-state index contributed by atoms with van der Waals surface area (Å²) in [6.07, 6.45) is 9.75. The molecule has 0 aliphatic carbocycles. The second-order valence-corrected chi connectivity index (χ2v) is 8.10. The Kier molecular flexibility index (Phi) is 4.71. The van der Waals surface area contributed by atoms with Crippen LogP contribution in [0.15, 0.2) is 18.5 Å². The summed E-state index contributed by atoms with van der Waals surface area (Å²) in [5.41, 5.74) is 1.82.